The Hall–Kier alpha value is -1.64. The van der Waals surface area contributed by atoms with Crippen LogP contribution in [0.4, 0.5) is 11.5 Å². The summed E-state index contributed by atoms with van der Waals surface area (Å²) in [5, 5.41) is 15.6. The Morgan fingerprint density at radius 1 is 1.43 bits per heavy atom. The molecule has 0 radical (unpaired) electrons. The quantitative estimate of drug-likeness (QED) is 0.646. The number of anilines is 1. The largest absolute Gasteiger partial charge is 0.378 e. The molecule has 0 saturated carbocycles. The normalized spacial score (nSPS) is 25.1. The van der Waals surface area contributed by atoms with Crippen LogP contribution in [-0.4, -0.2) is 34.6 Å². The van der Waals surface area contributed by atoms with Gasteiger partial charge in [0.15, 0.2) is 9.84 Å². The van der Waals surface area contributed by atoms with Crippen molar-refractivity contribution in [2.75, 3.05) is 17.2 Å². The summed E-state index contributed by atoms with van der Waals surface area (Å²) in [5.74, 6) is -0.141. The smallest absolute Gasteiger partial charge is 0.334 e. The molecule has 21 heavy (non-hydrogen) atoms. The molecule has 2 N–H and O–H groups in total. The summed E-state index contributed by atoms with van der Waals surface area (Å²) in [6.07, 6.45) is 0.349. The van der Waals surface area contributed by atoms with E-state index in [2.05, 4.69) is 5.10 Å². The summed E-state index contributed by atoms with van der Waals surface area (Å²) in [6.45, 7) is 7.14. The summed E-state index contributed by atoms with van der Waals surface area (Å²) < 4.78 is 24.8. The average molecular weight is 316 g/mol. The molecule has 8 nitrogen and oxygen atoms in total. The van der Waals surface area contributed by atoms with Crippen molar-refractivity contribution in [1.29, 1.82) is 0 Å². The highest BCUT2D eigenvalue weighted by molar-refractivity contribution is 7.91. The van der Waals surface area contributed by atoms with E-state index in [-0.39, 0.29) is 28.7 Å². The average Bonchev–Trinajstić information content (AvgIpc) is 2.76. The molecule has 2 rings (SSSR count). The van der Waals surface area contributed by atoms with Crippen molar-refractivity contribution in [3.63, 3.8) is 0 Å². The molecule has 1 aliphatic rings. The number of nitrogens with two attached hydrogens (primary N) is 1. The Morgan fingerprint density at radius 3 is 2.33 bits per heavy atom. The Kier molecular flexibility index (Phi) is 3.32. The lowest BCUT2D eigenvalue weighted by molar-refractivity contribution is -0.385. The first-order valence-corrected chi connectivity index (χ1v) is 8.44. The number of rotatable bonds is 2. The molecule has 1 unspecified atom stereocenters. The molecule has 1 aliphatic heterocycles. The van der Waals surface area contributed by atoms with Gasteiger partial charge in [0.05, 0.1) is 22.0 Å². The zero-order chi connectivity index (χ0) is 16.2. The summed E-state index contributed by atoms with van der Waals surface area (Å²) >= 11 is 0. The van der Waals surface area contributed by atoms with Crippen LogP contribution in [0.1, 0.15) is 39.8 Å². The Bertz CT molecular complexity index is 702. The summed E-state index contributed by atoms with van der Waals surface area (Å²) in [7, 11) is -3.16. The number of aromatic nitrogens is 2. The second-order valence-electron chi connectivity index (χ2n) is 6.84. The first kappa shape index (κ1) is 15.7. The van der Waals surface area contributed by atoms with Gasteiger partial charge in [0.25, 0.3) is 0 Å². The van der Waals surface area contributed by atoms with Crippen molar-refractivity contribution < 1.29 is 13.3 Å². The summed E-state index contributed by atoms with van der Waals surface area (Å²) in [4.78, 5) is 10.8. The maximum absolute atomic E-state index is 11.7. The molecule has 1 aromatic rings. The van der Waals surface area contributed by atoms with Gasteiger partial charge < -0.3 is 5.73 Å². The van der Waals surface area contributed by atoms with E-state index < -0.39 is 25.7 Å². The molecule has 118 valence electrons. The summed E-state index contributed by atoms with van der Waals surface area (Å²) in [5.41, 5.74) is 4.57. The standard InChI is InChI=1S/C12H20N4O4S/c1-11(2,3)9-8(16(17)18)10(13)15(14-9)12(4)5-6-21(19,20)7-12/h5-7,13H2,1-4H3. The van der Waals surface area contributed by atoms with Gasteiger partial charge in [-0.15, -0.1) is 0 Å². The molecule has 1 fully saturated rings. The van der Waals surface area contributed by atoms with E-state index in [0.717, 1.165) is 0 Å². The molecule has 0 spiro atoms. The lowest BCUT2D eigenvalue weighted by atomic mass is 9.91. The lowest BCUT2D eigenvalue weighted by Crippen LogP contribution is -2.33. The zero-order valence-electron chi connectivity index (χ0n) is 12.6. The van der Waals surface area contributed by atoms with Crippen molar-refractivity contribution >= 4 is 21.3 Å². The molecule has 0 aromatic carbocycles. The highest BCUT2D eigenvalue weighted by atomic mass is 32.2. The topological polar surface area (TPSA) is 121 Å². The molecular formula is C12H20N4O4S. The number of nitro groups is 1. The van der Waals surface area contributed by atoms with E-state index in [0.29, 0.717) is 6.42 Å². The molecule has 0 amide bonds. The number of hydrogen-bond donors (Lipinski definition) is 1. The van der Waals surface area contributed by atoms with Gasteiger partial charge in [0.1, 0.15) is 5.69 Å². The SMILES string of the molecule is CC(C)(C)c1nn(C2(C)CCS(=O)(=O)C2)c(N)c1[N+](=O)[O-]. The lowest BCUT2D eigenvalue weighted by Gasteiger charge is -2.23. The van der Waals surface area contributed by atoms with Crippen LogP contribution in [0.5, 0.6) is 0 Å². The van der Waals surface area contributed by atoms with Crippen LogP contribution in [-0.2, 0) is 20.8 Å². The van der Waals surface area contributed by atoms with Gasteiger partial charge in [-0.25, -0.2) is 13.1 Å². The van der Waals surface area contributed by atoms with Crippen LogP contribution in [0.2, 0.25) is 0 Å². The fourth-order valence-corrected chi connectivity index (χ4v) is 4.79. The van der Waals surface area contributed by atoms with Gasteiger partial charge in [-0.3, -0.25) is 10.1 Å². The van der Waals surface area contributed by atoms with E-state index in [4.69, 9.17) is 5.73 Å². The van der Waals surface area contributed by atoms with Gasteiger partial charge in [-0.2, -0.15) is 5.10 Å². The molecule has 0 bridgehead atoms. The third kappa shape index (κ3) is 2.61. The molecular weight excluding hydrogens is 296 g/mol. The monoisotopic (exact) mass is 316 g/mol. The maximum atomic E-state index is 11.7. The highest BCUT2D eigenvalue weighted by Crippen LogP contribution is 2.40. The van der Waals surface area contributed by atoms with Crippen LogP contribution in [0, 0.1) is 10.1 Å². The van der Waals surface area contributed by atoms with Crippen molar-refractivity contribution in [2.24, 2.45) is 0 Å². The zero-order valence-corrected chi connectivity index (χ0v) is 13.4. The predicted octanol–water partition coefficient (Wildman–Crippen LogP) is 1.20. The van der Waals surface area contributed by atoms with Crippen molar-refractivity contribution in [2.45, 2.75) is 45.1 Å². The molecule has 1 atom stereocenters. The number of hydrogen-bond acceptors (Lipinski definition) is 6. The van der Waals surface area contributed by atoms with Gasteiger partial charge in [-0.05, 0) is 13.3 Å². The third-order valence-electron chi connectivity index (χ3n) is 3.78. The second-order valence-corrected chi connectivity index (χ2v) is 9.02. The maximum Gasteiger partial charge on any atom is 0.334 e. The van der Waals surface area contributed by atoms with Gasteiger partial charge in [-0.1, -0.05) is 20.8 Å². The van der Waals surface area contributed by atoms with Crippen molar-refractivity contribution in [1.82, 2.24) is 9.78 Å². The van der Waals surface area contributed by atoms with E-state index in [9.17, 15) is 18.5 Å². The van der Waals surface area contributed by atoms with Gasteiger partial charge in [0, 0.05) is 5.41 Å². The van der Waals surface area contributed by atoms with Crippen LogP contribution in [0.3, 0.4) is 0 Å². The molecule has 1 aromatic heterocycles. The fraction of sp³-hybridized carbons (Fsp3) is 0.750. The van der Waals surface area contributed by atoms with Gasteiger partial charge >= 0.3 is 5.69 Å². The predicted molar refractivity (Wildman–Crippen MR) is 78.9 cm³/mol. The third-order valence-corrected chi connectivity index (χ3v) is 5.67. The van der Waals surface area contributed by atoms with E-state index >= 15 is 0 Å². The highest BCUT2D eigenvalue weighted by Gasteiger charge is 2.45. The minimum absolute atomic E-state index is 0.0431. The first-order valence-electron chi connectivity index (χ1n) is 6.62. The fourth-order valence-electron chi connectivity index (χ4n) is 2.68. The van der Waals surface area contributed by atoms with Crippen LogP contribution in [0.15, 0.2) is 0 Å². The molecule has 0 aliphatic carbocycles. The van der Waals surface area contributed by atoms with E-state index in [1.165, 1.54) is 4.68 Å². The molecule has 1 saturated heterocycles. The second kappa shape index (κ2) is 4.43. The minimum Gasteiger partial charge on any atom is -0.378 e. The Balaban J connectivity index is 2.65. The Labute approximate surface area is 123 Å². The number of nitrogen functional groups attached to an aromatic ring is 1. The summed E-state index contributed by atoms with van der Waals surface area (Å²) in [6, 6.07) is 0. The number of nitrogens with zero attached hydrogens (tertiary/aromatic N) is 3. The van der Waals surface area contributed by atoms with Crippen LogP contribution in [0.25, 0.3) is 0 Å². The van der Waals surface area contributed by atoms with Gasteiger partial charge in [0.2, 0.25) is 5.82 Å². The van der Waals surface area contributed by atoms with Crippen molar-refractivity contribution in [3.8, 4) is 0 Å². The van der Waals surface area contributed by atoms with E-state index in [1.807, 2.05) is 0 Å². The van der Waals surface area contributed by atoms with Crippen molar-refractivity contribution in [3.05, 3.63) is 15.8 Å². The first-order chi connectivity index (χ1) is 9.37. The Morgan fingerprint density at radius 2 is 2.00 bits per heavy atom. The number of sulfone groups is 1. The minimum atomic E-state index is -3.16. The molecule has 2 heterocycles. The van der Waals surface area contributed by atoms with Crippen LogP contribution < -0.4 is 5.73 Å². The molecule has 9 heteroatoms. The van der Waals surface area contributed by atoms with E-state index in [1.54, 1.807) is 27.7 Å². The van der Waals surface area contributed by atoms with Crippen LogP contribution >= 0.6 is 0 Å².